The van der Waals surface area contributed by atoms with Crippen LogP contribution in [0.5, 0.6) is 0 Å². The Kier molecular flexibility index (Phi) is 10.6. The second kappa shape index (κ2) is 13.5. The minimum absolute atomic E-state index is 0.0326. The molecule has 0 saturated heterocycles. The maximum atomic E-state index is 13.9. The maximum absolute atomic E-state index is 13.9. The Balaban J connectivity index is 2.04. The predicted octanol–water partition coefficient (Wildman–Crippen LogP) is 5.89. The average Bonchev–Trinajstić information content (AvgIpc) is 2.90. The van der Waals surface area contributed by atoms with E-state index in [9.17, 15) is 18.0 Å². The van der Waals surface area contributed by atoms with Gasteiger partial charge in [0.25, 0.3) is 10.0 Å². The highest BCUT2D eigenvalue weighted by Gasteiger charge is 2.33. The summed E-state index contributed by atoms with van der Waals surface area (Å²) in [5.41, 5.74) is 0.754. The average molecular weight is 641 g/mol. The molecule has 0 aromatic heterocycles. The van der Waals surface area contributed by atoms with Crippen molar-refractivity contribution in [3.05, 3.63) is 92.9 Å². The van der Waals surface area contributed by atoms with Crippen LogP contribution in [0, 0.1) is 0 Å². The first-order chi connectivity index (χ1) is 18.1. The Morgan fingerprint density at radius 2 is 1.55 bits per heavy atom. The van der Waals surface area contributed by atoms with Crippen molar-refractivity contribution in [2.45, 2.75) is 37.8 Å². The third-order valence-corrected chi connectivity index (χ3v) is 8.86. The number of rotatable bonds is 11. The van der Waals surface area contributed by atoms with Gasteiger partial charge < -0.3 is 10.2 Å². The van der Waals surface area contributed by atoms with Gasteiger partial charge in [0.05, 0.1) is 10.6 Å². The first-order valence-corrected chi connectivity index (χ1v) is 14.9. The lowest BCUT2D eigenvalue weighted by atomic mass is 10.1. The molecule has 202 valence electrons. The number of sulfonamides is 1. The molecule has 2 amide bonds. The van der Waals surface area contributed by atoms with Crippen LogP contribution in [0.4, 0.5) is 5.69 Å². The van der Waals surface area contributed by atoms with Crippen LogP contribution in [0.2, 0.25) is 10.0 Å². The summed E-state index contributed by atoms with van der Waals surface area (Å²) < 4.78 is 29.2. The number of hydrogen-bond donors (Lipinski definition) is 1. The minimum atomic E-state index is -4.13. The van der Waals surface area contributed by atoms with Gasteiger partial charge in [-0.2, -0.15) is 0 Å². The molecule has 0 spiro atoms. The van der Waals surface area contributed by atoms with Gasteiger partial charge in [-0.15, -0.1) is 0 Å². The predicted molar refractivity (Wildman–Crippen MR) is 155 cm³/mol. The molecule has 3 aromatic carbocycles. The highest BCUT2D eigenvalue weighted by atomic mass is 79.9. The van der Waals surface area contributed by atoms with E-state index in [1.165, 1.54) is 17.0 Å². The molecule has 0 aliphatic heterocycles. The Hall–Kier alpha value is -2.59. The number of halogens is 3. The van der Waals surface area contributed by atoms with Gasteiger partial charge >= 0.3 is 0 Å². The lowest BCUT2D eigenvalue weighted by Crippen LogP contribution is -2.51. The maximum Gasteiger partial charge on any atom is 0.264 e. The molecule has 0 fully saturated rings. The van der Waals surface area contributed by atoms with Crippen molar-refractivity contribution in [1.29, 1.82) is 0 Å². The van der Waals surface area contributed by atoms with Crippen molar-refractivity contribution >= 4 is 66.7 Å². The van der Waals surface area contributed by atoms with Crippen LogP contribution >= 0.6 is 39.1 Å². The van der Waals surface area contributed by atoms with E-state index in [1.54, 1.807) is 67.6 Å². The van der Waals surface area contributed by atoms with E-state index in [1.807, 2.05) is 6.92 Å². The number of amides is 2. The molecule has 0 heterocycles. The smallest absolute Gasteiger partial charge is 0.264 e. The monoisotopic (exact) mass is 639 g/mol. The van der Waals surface area contributed by atoms with Gasteiger partial charge in [-0.3, -0.25) is 13.9 Å². The van der Waals surface area contributed by atoms with Gasteiger partial charge in [0.1, 0.15) is 12.6 Å². The third kappa shape index (κ3) is 7.28. The van der Waals surface area contributed by atoms with E-state index < -0.39 is 28.5 Å². The van der Waals surface area contributed by atoms with E-state index in [4.69, 9.17) is 23.2 Å². The molecule has 38 heavy (non-hydrogen) atoms. The summed E-state index contributed by atoms with van der Waals surface area (Å²) in [5.74, 6) is -0.966. The van der Waals surface area contributed by atoms with E-state index in [0.29, 0.717) is 27.8 Å². The van der Waals surface area contributed by atoms with Gasteiger partial charge in [-0.05, 0) is 61.9 Å². The molecular formula is C27H28BrCl2N3O4S. The molecule has 1 atom stereocenters. The summed E-state index contributed by atoms with van der Waals surface area (Å²) in [7, 11) is -4.13. The topological polar surface area (TPSA) is 86.8 Å². The SMILES string of the molecule is CCCNC(=O)[C@H](C)N(Cc1c(Cl)cccc1Cl)C(=O)CN(c1ccc(Br)cc1)S(=O)(=O)c1ccccc1. The zero-order valence-corrected chi connectivity index (χ0v) is 24.8. The Bertz CT molecular complexity index is 1350. The summed E-state index contributed by atoms with van der Waals surface area (Å²) in [6, 6.07) is 18.5. The van der Waals surface area contributed by atoms with Crippen LogP contribution < -0.4 is 9.62 Å². The summed E-state index contributed by atoms with van der Waals surface area (Å²) in [6.07, 6.45) is 0.718. The van der Waals surface area contributed by atoms with Crippen LogP contribution in [-0.2, 0) is 26.2 Å². The van der Waals surface area contributed by atoms with Crippen molar-refractivity contribution in [2.24, 2.45) is 0 Å². The normalized spacial score (nSPS) is 12.0. The van der Waals surface area contributed by atoms with Crippen molar-refractivity contribution in [3.63, 3.8) is 0 Å². The fourth-order valence-corrected chi connectivity index (χ4v) is 5.90. The number of nitrogens with one attached hydrogen (secondary N) is 1. The van der Waals surface area contributed by atoms with Gasteiger partial charge in [-0.25, -0.2) is 8.42 Å². The number of benzene rings is 3. The summed E-state index contributed by atoms with van der Waals surface area (Å²) in [6.45, 7) is 3.31. The fraction of sp³-hybridized carbons (Fsp3) is 0.259. The zero-order valence-electron chi connectivity index (χ0n) is 20.9. The van der Waals surface area contributed by atoms with Crippen molar-refractivity contribution in [3.8, 4) is 0 Å². The summed E-state index contributed by atoms with van der Waals surface area (Å²) >= 11 is 16.1. The van der Waals surface area contributed by atoms with Crippen LogP contribution in [0.1, 0.15) is 25.8 Å². The lowest BCUT2D eigenvalue weighted by Gasteiger charge is -2.32. The second-order valence-corrected chi connectivity index (χ2v) is 12.1. The van der Waals surface area contributed by atoms with Gasteiger partial charge in [0, 0.05) is 33.2 Å². The molecule has 0 radical (unpaired) electrons. The van der Waals surface area contributed by atoms with Gasteiger partial charge in [-0.1, -0.05) is 70.3 Å². The van der Waals surface area contributed by atoms with E-state index >= 15 is 0 Å². The minimum Gasteiger partial charge on any atom is -0.354 e. The molecule has 3 rings (SSSR count). The Morgan fingerprint density at radius 3 is 2.13 bits per heavy atom. The molecule has 0 unspecified atom stereocenters. The highest BCUT2D eigenvalue weighted by Crippen LogP contribution is 2.28. The van der Waals surface area contributed by atoms with Crippen molar-refractivity contribution in [1.82, 2.24) is 10.2 Å². The molecule has 0 bridgehead atoms. The number of carbonyl (C=O) groups excluding carboxylic acids is 2. The first kappa shape index (κ1) is 30.0. The van der Waals surface area contributed by atoms with Crippen molar-refractivity contribution < 1.29 is 18.0 Å². The number of hydrogen-bond acceptors (Lipinski definition) is 4. The van der Waals surface area contributed by atoms with E-state index in [0.717, 1.165) is 15.2 Å². The number of carbonyl (C=O) groups is 2. The molecule has 11 heteroatoms. The Labute approximate surface area is 241 Å². The van der Waals surface area contributed by atoms with Crippen LogP contribution in [-0.4, -0.2) is 44.3 Å². The number of nitrogens with zero attached hydrogens (tertiary/aromatic N) is 2. The van der Waals surface area contributed by atoms with Gasteiger partial charge in [0.2, 0.25) is 11.8 Å². The second-order valence-electron chi connectivity index (χ2n) is 8.49. The number of anilines is 1. The molecule has 0 saturated carbocycles. The molecule has 7 nitrogen and oxygen atoms in total. The summed E-state index contributed by atoms with van der Waals surface area (Å²) in [5, 5.41) is 3.46. The van der Waals surface area contributed by atoms with E-state index in [2.05, 4.69) is 21.2 Å². The highest BCUT2D eigenvalue weighted by molar-refractivity contribution is 9.10. The fourth-order valence-electron chi connectivity index (χ4n) is 3.69. The molecule has 0 aliphatic rings. The van der Waals surface area contributed by atoms with Crippen LogP contribution in [0.15, 0.2) is 82.2 Å². The van der Waals surface area contributed by atoms with Gasteiger partial charge in [0.15, 0.2) is 0 Å². The van der Waals surface area contributed by atoms with Crippen LogP contribution in [0.25, 0.3) is 0 Å². The zero-order chi connectivity index (χ0) is 27.9. The molecule has 0 aliphatic carbocycles. The Morgan fingerprint density at radius 1 is 0.947 bits per heavy atom. The largest absolute Gasteiger partial charge is 0.354 e. The summed E-state index contributed by atoms with van der Waals surface area (Å²) in [4.78, 5) is 28.1. The quantitative estimate of drug-likeness (QED) is 0.283. The third-order valence-electron chi connectivity index (χ3n) is 5.83. The molecular weight excluding hydrogens is 613 g/mol. The van der Waals surface area contributed by atoms with E-state index in [-0.39, 0.29) is 17.3 Å². The molecule has 1 N–H and O–H groups in total. The van der Waals surface area contributed by atoms with Crippen molar-refractivity contribution in [2.75, 3.05) is 17.4 Å². The first-order valence-electron chi connectivity index (χ1n) is 11.9. The molecule has 3 aromatic rings. The lowest BCUT2D eigenvalue weighted by molar-refractivity contribution is -0.139. The standard InChI is InChI=1S/C27H28BrCl2N3O4S/c1-3-16-31-27(35)19(2)32(17-23-24(29)10-7-11-25(23)30)26(34)18-33(21-14-12-20(28)13-15-21)38(36,37)22-8-5-4-6-9-22/h4-15,19H,3,16-18H2,1-2H3,(H,31,35)/t19-/m0/s1. The van der Waals surface area contributed by atoms with Crippen LogP contribution in [0.3, 0.4) is 0 Å².